The quantitative estimate of drug-likeness (QED) is 0.799. The summed E-state index contributed by atoms with van der Waals surface area (Å²) < 4.78 is 1.95. The molecule has 6 heteroatoms. The Hall–Kier alpha value is -2.21. The van der Waals surface area contributed by atoms with Crippen LogP contribution in [0, 0.1) is 12.3 Å². The third-order valence-corrected chi connectivity index (χ3v) is 6.82. The molecule has 0 aliphatic carbocycles. The van der Waals surface area contributed by atoms with Gasteiger partial charge in [-0.2, -0.15) is 5.10 Å². The molecule has 0 aromatic carbocycles. The lowest BCUT2D eigenvalue weighted by atomic mass is 9.72. The Morgan fingerprint density at radius 3 is 2.57 bits per heavy atom. The van der Waals surface area contributed by atoms with E-state index in [9.17, 15) is 4.79 Å². The number of pyridine rings is 1. The second kappa shape index (κ2) is 8.03. The molecule has 150 valence electrons. The van der Waals surface area contributed by atoms with E-state index in [1.54, 1.807) is 0 Å². The minimum absolute atomic E-state index is 0.312. The molecule has 2 aliphatic rings. The fraction of sp³-hybridized carbons (Fsp3) is 0.591. The average Bonchev–Trinajstić information content (AvgIpc) is 3.03. The van der Waals surface area contributed by atoms with Crippen LogP contribution in [0.2, 0.25) is 0 Å². The van der Waals surface area contributed by atoms with Gasteiger partial charge in [-0.15, -0.1) is 0 Å². The summed E-state index contributed by atoms with van der Waals surface area (Å²) in [6, 6.07) is 4.09. The fourth-order valence-corrected chi connectivity index (χ4v) is 4.65. The highest BCUT2D eigenvalue weighted by molar-refractivity contribution is 5.77. The molecule has 28 heavy (non-hydrogen) atoms. The second-order valence-electron chi connectivity index (χ2n) is 8.58. The van der Waals surface area contributed by atoms with Crippen LogP contribution in [0.25, 0.3) is 0 Å². The van der Waals surface area contributed by atoms with Crippen LogP contribution in [-0.2, 0) is 24.8 Å². The van der Waals surface area contributed by atoms with Crippen LogP contribution in [0.1, 0.15) is 42.5 Å². The van der Waals surface area contributed by atoms with Crippen molar-refractivity contribution in [3.63, 3.8) is 0 Å². The van der Waals surface area contributed by atoms with Gasteiger partial charge in [0.25, 0.3) is 0 Å². The highest BCUT2D eigenvalue weighted by Gasteiger charge is 2.40. The van der Waals surface area contributed by atoms with Gasteiger partial charge in [0, 0.05) is 56.8 Å². The standard InChI is InChI=1S/C22H31N5O/c1-18-20(15-24-25(18)2)16-26-13-8-22(9-14-26)7-3-21(28)27(17-22)12-6-19-4-10-23-11-5-19/h4-5,10-11,15H,3,6-9,12-14,16-17H2,1-2H3. The molecule has 4 heterocycles. The van der Waals surface area contributed by atoms with Crippen LogP contribution in [0.15, 0.2) is 30.7 Å². The molecule has 4 rings (SSSR count). The third kappa shape index (κ3) is 4.12. The van der Waals surface area contributed by atoms with Crippen molar-refractivity contribution in [1.82, 2.24) is 24.6 Å². The molecule has 0 saturated carbocycles. The first-order chi connectivity index (χ1) is 13.5. The van der Waals surface area contributed by atoms with Crippen molar-refractivity contribution in [2.75, 3.05) is 26.2 Å². The number of nitrogens with zero attached hydrogens (tertiary/aromatic N) is 5. The van der Waals surface area contributed by atoms with Gasteiger partial charge >= 0.3 is 0 Å². The lowest BCUT2D eigenvalue weighted by molar-refractivity contribution is -0.139. The van der Waals surface area contributed by atoms with E-state index in [0.717, 1.165) is 45.6 Å². The second-order valence-corrected chi connectivity index (χ2v) is 8.58. The van der Waals surface area contributed by atoms with Gasteiger partial charge in [0.2, 0.25) is 5.91 Å². The lowest BCUT2D eigenvalue weighted by Gasteiger charge is -2.47. The molecule has 0 radical (unpaired) electrons. The Kier molecular flexibility index (Phi) is 5.49. The van der Waals surface area contributed by atoms with Crippen molar-refractivity contribution < 1.29 is 4.79 Å². The van der Waals surface area contributed by atoms with Crippen LogP contribution in [-0.4, -0.2) is 56.7 Å². The molecule has 2 saturated heterocycles. The van der Waals surface area contributed by atoms with Gasteiger partial charge in [0.15, 0.2) is 0 Å². The van der Waals surface area contributed by atoms with E-state index in [-0.39, 0.29) is 0 Å². The van der Waals surface area contributed by atoms with Crippen LogP contribution in [0.3, 0.4) is 0 Å². The SMILES string of the molecule is Cc1c(CN2CCC3(CCC(=O)N(CCc4ccncc4)C3)CC2)cnn1C. The first kappa shape index (κ1) is 19.1. The summed E-state index contributed by atoms with van der Waals surface area (Å²) in [4.78, 5) is 21.2. The van der Waals surface area contributed by atoms with Crippen molar-refractivity contribution in [2.24, 2.45) is 12.5 Å². The van der Waals surface area contributed by atoms with Crippen molar-refractivity contribution in [2.45, 2.75) is 45.6 Å². The molecule has 0 atom stereocenters. The minimum atomic E-state index is 0.312. The Morgan fingerprint density at radius 1 is 1.14 bits per heavy atom. The predicted molar refractivity (Wildman–Crippen MR) is 109 cm³/mol. The maximum Gasteiger partial charge on any atom is 0.222 e. The number of rotatable bonds is 5. The molecule has 0 N–H and O–H groups in total. The first-order valence-electron chi connectivity index (χ1n) is 10.4. The molecule has 2 aliphatic heterocycles. The molecule has 1 amide bonds. The van der Waals surface area contributed by atoms with E-state index in [4.69, 9.17) is 0 Å². The Bertz CT molecular complexity index is 808. The maximum absolute atomic E-state index is 12.5. The lowest BCUT2D eigenvalue weighted by Crippen LogP contribution is -2.51. The summed E-state index contributed by atoms with van der Waals surface area (Å²) in [7, 11) is 2.00. The summed E-state index contributed by atoms with van der Waals surface area (Å²) in [5.74, 6) is 0.327. The number of likely N-dealkylation sites (tertiary alicyclic amines) is 2. The van der Waals surface area contributed by atoms with Gasteiger partial charge in [-0.05, 0) is 68.8 Å². The van der Waals surface area contributed by atoms with Crippen LogP contribution >= 0.6 is 0 Å². The van der Waals surface area contributed by atoms with Gasteiger partial charge in [0.05, 0.1) is 6.20 Å². The maximum atomic E-state index is 12.5. The number of piperidine rings is 2. The van der Waals surface area contributed by atoms with Crippen LogP contribution in [0.4, 0.5) is 0 Å². The summed E-state index contributed by atoms with van der Waals surface area (Å²) in [5.41, 5.74) is 4.15. The molecular weight excluding hydrogens is 350 g/mol. The largest absolute Gasteiger partial charge is 0.342 e. The van der Waals surface area contributed by atoms with Gasteiger partial charge in [-0.1, -0.05) is 0 Å². The molecule has 1 spiro atoms. The zero-order valence-corrected chi connectivity index (χ0v) is 17.1. The Labute approximate surface area is 167 Å². The van der Waals surface area contributed by atoms with Crippen molar-refractivity contribution >= 4 is 5.91 Å². The molecular formula is C22H31N5O. The van der Waals surface area contributed by atoms with E-state index in [1.165, 1.54) is 29.7 Å². The molecule has 0 unspecified atom stereocenters. The third-order valence-electron chi connectivity index (χ3n) is 6.82. The number of hydrogen-bond donors (Lipinski definition) is 0. The number of amides is 1. The van der Waals surface area contributed by atoms with Crippen molar-refractivity contribution in [3.8, 4) is 0 Å². The van der Waals surface area contributed by atoms with Crippen molar-refractivity contribution in [1.29, 1.82) is 0 Å². The van der Waals surface area contributed by atoms with Crippen molar-refractivity contribution in [3.05, 3.63) is 47.5 Å². The van der Waals surface area contributed by atoms with Gasteiger partial charge in [0.1, 0.15) is 0 Å². The summed E-state index contributed by atoms with van der Waals surface area (Å²) in [6.45, 7) is 7.10. The van der Waals surface area contributed by atoms with E-state index in [2.05, 4.69) is 26.8 Å². The van der Waals surface area contributed by atoms with Crippen LogP contribution < -0.4 is 0 Å². The fourth-order valence-electron chi connectivity index (χ4n) is 4.65. The number of carbonyl (C=O) groups is 1. The van der Waals surface area contributed by atoms with E-state index < -0.39 is 0 Å². The molecule has 2 aromatic heterocycles. The van der Waals surface area contributed by atoms with Gasteiger partial charge in [-0.3, -0.25) is 19.4 Å². The Balaban J connectivity index is 1.32. The first-order valence-corrected chi connectivity index (χ1v) is 10.4. The van der Waals surface area contributed by atoms with Gasteiger partial charge < -0.3 is 4.90 Å². The number of hydrogen-bond acceptors (Lipinski definition) is 4. The highest BCUT2D eigenvalue weighted by Crippen LogP contribution is 2.40. The summed E-state index contributed by atoms with van der Waals surface area (Å²) in [6.07, 6.45) is 10.7. The van der Waals surface area contributed by atoms with Gasteiger partial charge in [-0.25, -0.2) is 0 Å². The zero-order valence-electron chi connectivity index (χ0n) is 17.1. The highest BCUT2D eigenvalue weighted by atomic mass is 16.2. The summed E-state index contributed by atoms with van der Waals surface area (Å²) >= 11 is 0. The van der Waals surface area contributed by atoms with Crippen LogP contribution in [0.5, 0.6) is 0 Å². The topological polar surface area (TPSA) is 54.3 Å². The molecule has 2 aromatic rings. The predicted octanol–water partition coefficient (Wildman–Crippen LogP) is 2.57. The average molecular weight is 382 g/mol. The number of aromatic nitrogens is 3. The Morgan fingerprint density at radius 2 is 1.89 bits per heavy atom. The molecule has 0 bridgehead atoms. The normalized spacial score (nSPS) is 20.1. The monoisotopic (exact) mass is 381 g/mol. The minimum Gasteiger partial charge on any atom is -0.342 e. The smallest absolute Gasteiger partial charge is 0.222 e. The number of aryl methyl sites for hydroxylation is 1. The zero-order chi connectivity index (χ0) is 19.6. The molecule has 6 nitrogen and oxygen atoms in total. The molecule has 2 fully saturated rings. The van der Waals surface area contributed by atoms with E-state index >= 15 is 0 Å². The van der Waals surface area contributed by atoms with E-state index in [0.29, 0.717) is 17.7 Å². The number of carbonyl (C=O) groups excluding carboxylic acids is 1. The van der Waals surface area contributed by atoms with E-state index in [1.807, 2.05) is 42.5 Å². The summed E-state index contributed by atoms with van der Waals surface area (Å²) in [5, 5.41) is 4.37.